The molecule has 1 atom stereocenters. The zero-order valence-corrected chi connectivity index (χ0v) is 18.5. The van der Waals surface area contributed by atoms with Crippen molar-refractivity contribution in [2.24, 2.45) is 0 Å². The van der Waals surface area contributed by atoms with E-state index in [0.717, 1.165) is 29.8 Å². The van der Waals surface area contributed by atoms with Crippen molar-refractivity contribution in [3.05, 3.63) is 101 Å². The van der Waals surface area contributed by atoms with Gasteiger partial charge in [-0.25, -0.2) is 9.59 Å². The van der Waals surface area contributed by atoms with E-state index in [1.807, 2.05) is 12.1 Å². The van der Waals surface area contributed by atoms with Crippen molar-refractivity contribution in [3.63, 3.8) is 0 Å². The predicted octanol–water partition coefficient (Wildman–Crippen LogP) is 4.66. The van der Waals surface area contributed by atoms with E-state index in [-0.39, 0.29) is 30.2 Å². The molecule has 0 saturated carbocycles. The summed E-state index contributed by atoms with van der Waals surface area (Å²) in [5.74, 6) is -1.43. The first-order valence-electron chi connectivity index (χ1n) is 10.6. The maximum atomic E-state index is 12.8. The second-order valence-corrected chi connectivity index (χ2v) is 7.94. The lowest BCUT2D eigenvalue weighted by atomic mass is 10.0. The molecule has 0 radical (unpaired) electrons. The van der Waals surface area contributed by atoms with E-state index in [1.54, 1.807) is 24.3 Å². The minimum absolute atomic E-state index is 0.0278. The fraction of sp³-hybridized carbons (Fsp3) is 0.192. The summed E-state index contributed by atoms with van der Waals surface area (Å²) < 4.78 is 48.2. The van der Waals surface area contributed by atoms with Crippen LogP contribution in [0.3, 0.4) is 0 Å². The van der Waals surface area contributed by atoms with Gasteiger partial charge in [0.15, 0.2) is 0 Å². The Morgan fingerprint density at radius 1 is 0.971 bits per heavy atom. The molecular formula is C26H20F3NO5. The van der Waals surface area contributed by atoms with Crippen molar-refractivity contribution in [2.45, 2.75) is 25.2 Å². The highest BCUT2D eigenvalue weighted by molar-refractivity contribution is 6.00. The molecule has 0 aliphatic carbocycles. The van der Waals surface area contributed by atoms with Crippen molar-refractivity contribution in [1.82, 2.24) is 4.90 Å². The highest BCUT2D eigenvalue weighted by Gasteiger charge is 2.37. The molecule has 4 rings (SSSR count). The summed E-state index contributed by atoms with van der Waals surface area (Å²) in [4.78, 5) is 39.1. The van der Waals surface area contributed by atoms with Crippen LogP contribution in [0.5, 0.6) is 5.75 Å². The standard InChI is InChI=1S/C26H20F3NO5/c1-34-25(33)22(30-15-18-4-2-3-5-21(18)23(30)31)14-16-6-12-20(13-7-16)35-24(32)17-8-10-19(11-9-17)26(27,28)29/h2-13,22H,14-15H2,1H3/t22-/m1/s1. The lowest BCUT2D eigenvalue weighted by molar-refractivity contribution is -0.146. The Bertz CT molecular complexity index is 1250. The number of carbonyl (C=O) groups excluding carboxylic acids is 3. The summed E-state index contributed by atoms with van der Waals surface area (Å²) in [5, 5.41) is 0. The van der Waals surface area contributed by atoms with Crippen molar-refractivity contribution in [2.75, 3.05) is 7.11 Å². The molecule has 1 aliphatic rings. The third-order valence-corrected chi connectivity index (χ3v) is 5.71. The number of halogens is 3. The Kier molecular flexibility index (Phi) is 6.59. The number of amides is 1. The molecule has 0 spiro atoms. The quantitative estimate of drug-likeness (QED) is 0.377. The number of fused-ring (bicyclic) bond motifs is 1. The van der Waals surface area contributed by atoms with Crippen molar-refractivity contribution >= 4 is 17.8 Å². The summed E-state index contributed by atoms with van der Waals surface area (Å²) in [6.07, 6.45) is -4.32. The van der Waals surface area contributed by atoms with Crippen molar-refractivity contribution < 1.29 is 37.0 Å². The average Bonchev–Trinajstić information content (AvgIpc) is 3.18. The number of methoxy groups -OCH3 is 1. The van der Waals surface area contributed by atoms with E-state index < -0.39 is 29.7 Å². The molecule has 1 aliphatic heterocycles. The summed E-state index contributed by atoms with van der Waals surface area (Å²) in [7, 11) is 1.26. The lowest BCUT2D eigenvalue weighted by Gasteiger charge is -2.25. The molecule has 6 nitrogen and oxygen atoms in total. The van der Waals surface area contributed by atoms with Crippen LogP contribution in [0.15, 0.2) is 72.8 Å². The van der Waals surface area contributed by atoms with Gasteiger partial charge >= 0.3 is 18.1 Å². The van der Waals surface area contributed by atoms with Crippen LogP contribution in [0.25, 0.3) is 0 Å². The normalized spacial score (nSPS) is 13.8. The molecule has 180 valence electrons. The first kappa shape index (κ1) is 24.0. The van der Waals surface area contributed by atoms with Gasteiger partial charge in [0.25, 0.3) is 5.91 Å². The number of ether oxygens (including phenoxy) is 2. The maximum absolute atomic E-state index is 12.8. The van der Waals surface area contributed by atoms with Gasteiger partial charge in [0, 0.05) is 18.5 Å². The van der Waals surface area contributed by atoms with Gasteiger partial charge in [-0.2, -0.15) is 13.2 Å². The molecular weight excluding hydrogens is 463 g/mol. The summed E-state index contributed by atoms with van der Waals surface area (Å²) in [5.41, 5.74) is 1.18. The molecule has 0 saturated heterocycles. The second-order valence-electron chi connectivity index (χ2n) is 7.94. The number of carbonyl (C=O) groups is 3. The SMILES string of the molecule is COC(=O)[C@@H](Cc1ccc(OC(=O)c2ccc(C(F)(F)F)cc2)cc1)N1Cc2ccccc2C1=O. The number of hydrogen-bond donors (Lipinski definition) is 0. The number of nitrogens with zero attached hydrogens (tertiary/aromatic N) is 1. The molecule has 0 unspecified atom stereocenters. The van der Waals surface area contributed by atoms with Crippen molar-refractivity contribution in [1.29, 1.82) is 0 Å². The number of alkyl halides is 3. The zero-order chi connectivity index (χ0) is 25.2. The van der Waals surface area contributed by atoms with Gasteiger partial charge in [-0.1, -0.05) is 30.3 Å². The van der Waals surface area contributed by atoms with Crippen LogP contribution >= 0.6 is 0 Å². The third kappa shape index (κ3) is 5.18. The van der Waals surface area contributed by atoms with Crippen LogP contribution in [-0.2, 0) is 28.7 Å². The highest BCUT2D eigenvalue weighted by Crippen LogP contribution is 2.29. The fourth-order valence-corrected chi connectivity index (χ4v) is 3.86. The van der Waals surface area contributed by atoms with Crippen LogP contribution < -0.4 is 4.74 Å². The Labute approximate surface area is 198 Å². The minimum atomic E-state index is -4.50. The van der Waals surface area contributed by atoms with E-state index in [4.69, 9.17) is 9.47 Å². The summed E-state index contributed by atoms with van der Waals surface area (Å²) in [6, 6.07) is 16.3. The predicted molar refractivity (Wildman–Crippen MR) is 119 cm³/mol. The molecule has 1 amide bonds. The van der Waals surface area contributed by atoms with Crippen LogP contribution in [0, 0.1) is 0 Å². The van der Waals surface area contributed by atoms with Gasteiger partial charge in [-0.15, -0.1) is 0 Å². The Hall–Kier alpha value is -4.14. The smallest absolute Gasteiger partial charge is 0.416 e. The van der Waals surface area contributed by atoms with E-state index in [2.05, 4.69) is 0 Å². The van der Waals surface area contributed by atoms with Gasteiger partial charge in [-0.05, 0) is 53.6 Å². The van der Waals surface area contributed by atoms with Crippen LogP contribution in [0.1, 0.15) is 37.4 Å². The van der Waals surface area contributed by atoms with E-state index >= 15 is 0 Å². The number of rotatable bonds is 6. The monoisotopic (exact) mass is 483 g/mol. The largest absolute Gasteiger partial charge is 0.467 e. The van der Waals surface area contributed by atoms with E-state index in [0.29, 0.717) is 11.1 Å². The van der Waals surface area contributed by atoms with Crippen molar-refractivity contribution in [3.8, 4) is 5.75 Å². The summed E-state index contributed by atoms with van der Waals surface area (Å²) in [6.45, 7) is 0.289. The van der Waals surface area contributed by atoms with Crippen LogP contribution in [0.4, 0.5) is 13.2 Å². The third-order valence-electron chi connectivity index (χ3n) is 5.71. The Morgan fingerprint density at radius 2 is 1.63 bits per heavy atom. The fourth-order valence-electron chi connectivity index (χ4n) is 3.86. The lowest BCUT2D eigenvalue weighted by Crippen LogP contribution is -2.43. The van der Waals surface area contributed by atoms with Gasteiger partial charge in [0.05, 0.1) is 18.2 Å². The van der Waals surface area contributed by atoms with Gasteiger partial charge in [0.2, 0.25) is 0 Å². The topological polar surface area (TPSA) is 72.9 Å². The van der Waals surface area contributed by atoms with E-state index in [1.165, 1.54) is 24.1 Å². The van der Waals surface area contributed by atoms with E-state index in [9.17, 15) is 27.6 Å². The second kappa shape index (κ2) is 9.61. The number of hydrogen-bond acceptors (Lipinski definition) is 5. The zero-order valence-electron chi connectivity index (χ0n) is 18.5. The van der Waals surface area contributed by atoms with Crippen LogP contribution in [-0.4, -0.2) is 35.9 Å². The first-order chi connectivity index (χ1) is 16.7. The van der Waals surface area contributed by atoms with Crippen LogP contribution in [0.2, 0.25) is 0 Å². The molecule has 0 N–H and O–H groups in total. The van der Waals surface area contributed by atoms with Gasteiger partial charge < -0.3 is 14.4 Å². The molecule has 0 aromatic heterocycles. The maximum Gasteiger partial charge on any atom is 0.416 e. The highest BCUT2D eigenvalue weighted by atomic mass is 19.4. The number of esters is 2. The number of benzene rings is 3. The molecule has 9 heteroatoms. The molecule has 0 fully saturated rings. The van der Waals surface area contributed by atoms with Gasteiger partial charge in [0.1, 0.15) is 11.8 Å². The molecule has 3 aromatic rings. The molecule has 1 heterocycles. The Balaban J connectivity index is 1.44. The molecule has 3 aromatic carbocycles. The Morgan fingerprint density at radius 3 is 2.23 bits per heavy atom. The molecule has 0 bridgehead atoms. The minimum Gasteiger partial charge on any atom is -0.467 e. The summed E-state index contributed by atoms with van der Waals surface area (Å²) >= 11 is 0. The average molecular weight is 483 g/mol. The van der Waals surface area contributed by atoms with Gasteiger partial charge in [-0.3, -0.25) is 4.79 Å². The molecule has 35 heavy (non-hydrogen) atoms. The first-order valence-corrected chi connectivity index (χ1v) is 10.6.